The van der Waals surface area contributed by atoms with Gasteiger partial charge in [-0.2, -0.15) is 0 Å². The van der Waals surface area contributed by atoms with Crippen molar-refractivity contribution in [2.75, 3.05) is 26.2 Å². The number of aromatic nitrogens is 4. The van der Waals surface area contributed by atoms with Gasteiger partial charge in [0.05, 0.1) is 23.1 Å². The molecule has 0 spiro atoms. The van der Waals surface area contributed by atoms with E-state index in [2.05, 4.69) is 83.1 Å². The molecule has 1 fully saturated rings. The van der Waals surface area contributed by atoms with E-state index < -0.39 is 0 Å². The third kappa shape index (κ3) is 7.63. The van der Waals surface area contributed by atoms with Gasteiger partial charge in [0.2, 0.25) is 0 Å². The molecular weight excluding hydrogens is 592 g/mol. The van der Waals surface area contributed by atoms with Crippen LogP contribution < -0.4 is 5.32 Å². The quantitative estimate of drug-likeness (QED) is 0.151. The second kappa shape index (κ2) is 15.3. The van der Waals surface area contributed by atoms with E-state index in [0.717, 1.165) is 66.2 Å². The Hall–Kier alpha value is -4.88. The van der Waals surface area contributed by atoms with Gasteiger partial charge >= 0.3 is 0 Å². The Kier molecular flexibility index (Phi) is 10.6. The second-order valence-corrected chi connectivity index (χ2v) is 12.9. The average molecular weight is 639 g/mol. The summed E-state index contributed by atoms with van der Waals surface area (Å²) in [4.78, 5) is 29.6. The summed E-state index contributed by atoms with van der Waals surface area (Å²) in [6, 6.07) is 25.0. The van der Waals surface area contributed by atoms with Crippen LogP contribution in [0.5, 0.6) is 0 Å². The van der Waals surface area contributed by atoms with Crippen LogP contribution in [0.4, 0.5) is 0 Å². The lowest BCUT2D eigenvalue weighted by atomic mass is 9.88. The van der Waals surface area contributed by atoms with E-state index in [1.807, 2.05) is 54.3 Å². The molecule has 0 bridgehead atoms. The predicted octanol–water partition coefficient (Wildman–Crippen LogP) is 7.88. The van der Waals surface area contributed by atoms with E-state index in [9.17, 15) is 4.79 Å². The van der Waals surface area contributed by atoms with Gasteiger partial charge in [-0.1, -0.05) is 73.0 Å². The summed E-state index contributed by atoms with van der Waals surface area (Å²) in [6.45, 7) is 12.5. The molecule has 1 atom stereocenters. The maximum Gasteiger partial charge on any atom is 0.254 e. The van der Waals surface area contributed by atoms with Crippen molar-refractivity contribution in [3.63, 3.8) is 0 Å². The molecule has 0 saturated carbocycles. The fourth-order valence-corrected chi connectivity index (χ4v) is 6.55. The number of imidazole rings is 1. The number of fused-ring (bicyclic) bond motifs is 1. The maximum atomic E-state index is 13.7. The number of hydrogen-bond acceptors (Lipinski definition) is 5. The van der Waals surface area contributed by atoms with E-state index in [0.29, 0.717) is 31.1 Å². The molecule has 1 amide bonds. The number of unbranched alkanes of at least 4 members (excludes halogenated alkanes) is 1. The molecule has 4 heterocycles. The zero-order valence-electron chi connectivity index (χ0n) is 28.6. The summed E-state index contributed by atoms with van der Waals surface area (Å²) in [5, 5.41) is 3.52. The van der Waals surface area contributed by atoms with Gasteiger partial charge in [0.15, 0.2) is 0 Å². The van der Waals surface area contributed by atoms with Crippen LogP contribution in [0.3, 0.4) is 0 Å². The highest BCUT2D eigenvalue weighted by atomic mass is 16.2. The SMILES string of the molecule is CCCCN(CC=Cc1cccc(C(=C(C)C2CCNC2)c2ccc(C)cc2)n1)C(=O)c1ccc(Cn2c(C)nc3cnccc32)cc1. The molecule has 48 heavy (non-hydrogen) atoms. The first-order chi connectivity index (χ1) is 23.4. The average Bonchev–Trinajstić information content (AvgIpc) is 3.76. The zero-order chi connectivity index (χ0) is 33.5. The first-order valence-corrected chi connectivity index (χ1v) is 17.2. The standard InChI is InChI=1S/C41H46N6O/c1-5-6-24-46(41(48)34-18-14-32(15-19-34)28-47-31(4)44-38-27-43-23-21-39(38)47)25-8-10-36-9-7-11-37(45-36)40(30(3)35-20-22-42-26-35)33-16-12-29(2)13-17-33/h7-19,21,23,27,35,42H,5-6,20,22,24-26,28H2,1-4H3. The predicted molar refractivity (Wildman–Crippen MR) is 196 cm³/mol. The Morgan fingerprint density at radius 1 is 1.00 bits per heavy atom. The van der Waals surface area contributed by atoms with Crippen molar-refractivity contribution in [1.82, 2.24) is 29.7 Å². The molecule has 2 aromatic carbocycles. The Labute approximate surface area is 284 Å². The molecule has 1 aliphatic heterocycles. The third-order valence-electron chi connectivity index (χ3n) is 9.40. The van der Waals surface area contributed by atoms with Crippen molar-refractivity contribution >= 4 is 28.6 Å². The Morgan fingerprint density at radius 3 is 2.54 bits per heavy atom. The van der Waals surface area contributed by atoms with Crippen molar-refractivity contribution in [3.8, 4) is 0 Å². The summed E-state index contributed by atoms with van der Waals surface area (Å²) in [5.74, 6) is 1.49. The first-order valence-electron chi connectivity index (χ1n) is 17.2. The molecule has 6 rings (SSSR count). The van der Waals surface area contributed by atoms with Crippen molar-refractivity contribution in [2.45, 2.75) is 53.5 Å². The van der Waals surface area contributed by atoms with Gasteiger partial charge in [-0.25, -0.2) is 9.97 Å². The van der Waals surface area contributed by atoms with Crippen LogP contribution in [0, 0.1) is 19.8 Å². The van der Waals surface area contributed by atoms with E-state index in [1.165, 1.54) is 22.3 Å². The van der Waals surface area contributed by atoms with E-state index in [4.69, 9.17) is 4.98 Å². The minimum Gasteiger partial charge on any atom is -0.335 e. The first kappa shape index (κ1) is 33.0. The normalized spacial score (nSPS) is 15.3. The molecule has 3 aromatic heterocycles. The van der Waals surface area contributed by atoms with Gasteiger partial charge in [-0.05, 0) is 93.6 Å². The van der Waals surface area contributed by atoms with Crippen LogP contribution >= 0.6 is 0 Å². The Bertz CT molecular complexity index is 1910. The Balaban J connectivity index is 1.18. The lowest BCUT2D eigenvalue weighted by Crippen LogP contribution is -2.32. The minimum absolute atomic E-state index is 0.0436. The molecule has 5 aromatic rings. The maximum absolute atomic E-state index is 13.7. The number of amides is 1. The number of aryl methyl sites for hydroxylation is 2. The fraction of sp³-hybridized carbons (Fsp3) is 0.317. The van der Waals surface area contributed by atoms with Crippen molar-refractivity contribution < 1.29 is 4.79 Å². The molecule has 246 valence electrons. The van der Waals surface area contributed by atoms with Crippen LogP contribution in [0.2, 0.25) is 0 Å². The van der Waals surface area contributed by atoms with Gasteiger partial charge in [0, 0.05) is 43.5 Å². The highest BCUT2D eigenvalue weighted by molar-refractivity contribution is 5.94. The van der Waals surface area contributed by atoms with Crippen LogP contribution in [-0.2, 0) is 6.54 Å². The van der Waals surface area contributed by atoms with E-state index >= 15 is 0 Å². The summed E-state index contributed by atoms with van der Waals surface area (Å²) >= 11 is 0. The lowest BCUT2D eigenvalue weighted by molar-refractivity contribution is 0.0772. The molecule has 1 unspecified atom stereocenters. The topological polar surface area (TPSA) is 75.9 Å². The number of benzene rings is 2. The number of carbonyl (C=O) groups excluding carboxylic acids is 1. The van der Waals surface area contributed by atoms with Gasteiger partial charge in [0.1, 0.15) is 11.3 Å². The van der Waals surface area contributed by atoms with Crippen molar-refractivity contribution in [1.29, 1.82) is 0 Å². The van der Waals surface area contributed by atoms with Crippen LogP contribution in [-0.4, -0.2) is 56.5 Å². The van der Waals surface area contributed by atoms with Gasteiger partial charge in [0.25, 0.3) is 5.91 Å². The molecule has 7 heteroatoms. The summed E-state index contributed by atoms with van der Waals surface area (Å²) < 4.78 is 2.18. The smallest absolute Gasteiger partial charge is 0.254 e. The number of rotatable bonds is 12. The largest absolute Gasteiger partial charge is 0.335 e. The van der Waals surface area contributed by atoms with Crippen LogP contribution in [0.15, 0.2) is 96.8 Å². The highest BCUT2D eigenvalue weighted by Crippen LogP contribution is 2.32. The number of hydrogen-bond donors (Lipinski definition) is 1. The number of pyridine rings is 2. The number of nitrogens with one attached hydrogen (secondary N) is 1. The monoisotopic (exact) mass is 638 g/mol. The Morgan fingerprint density at radius 2 is 1.79 bits per heavy atom. The van der Waals surface area contributed by atoms with Crippen molar-refractivity contribution in [3.05, 3.63) is 136 Å². The molecule has 0 radical (unpaired) electrons. The van der Waals surface area contributed by atoms with Crippen LogP contribution in [0.25, 0.3) is 22.7 Å². The summed E-state index contributed by atoms with van der Waals surface area (Å²) in [7, 11) is 0. The van der Waals surface area contributed by atoms with Gasteiger partial charge in [-0.15, -0.1) is 0 Å². The minimum atomic E-state index is 0.0436. The van der Waals surface area contributed by atoms with E-state index in [-0.39, 0.29) is 5.91 Å². The van der Waals surface area contributed by atoms with Gasteiger partial charge in [-0.3, -0.25) is 9.78 Å². The van der Waals surface area contributed by atoms with Crippen LogP contribution in [0.1, 0.15) is 77.4 Å². The van der Waals surface area contributed by atoms with Gasteiger partial charge < -0.3 is 14.8 Å². The third-order valence-corrected chi connectivity index (χ3v) is 9.40. The molecular formula is C41H46N6O. The summed E-state index contributed by atoms with van der Waals surface area (Å²) in [5.41, 5.74) is 10.7. The molecule has 1 saturated heterocycles. The lowest BCUT2D eigenvalue weighted by Gasteiger charge is -2.21. The fourth-order valence-electron chi connectivity index (χ4n) is 6.55. The molecule has 1 aliphatic rings. The number of carbonyl (C=O) groups is 1. The molecule has 0 aliphatic carbocycles. The highest BCUT2D eigenvalue weighted by Gasteiger charge is 2.21. The second-order valence-electron chi connectivity index (χ2n) is 12.9. The zero-order valence-corrected chi connectivity index (χ0v) is 28.6. The molecule has 7 nitrogen and oxygen atoms in total. The summed E-state index contributed by atoms with van der Waals surface area (Å²) in [6.07, 6.45) is 10.8. The van der Waals surface area contributed by atoms with E-state index in [1.54, 1.807) is 12.4 Å². The number of nitrogens with zero attached hydrogens (tertiary/aromatic N) is 5. The molecule has 1 N–H and O–H groups in total. The van der Waals surface area contributed by atoms with Crippen molar-refractivity contribution in [2.24, 2.45) is 5.92 Å².